The lowest BCUT2D eigenvalue weighted by Crippen LogP contribution is -2.35. The summed E-state index contributed by atoms with van der Waals surface area (Å²) in [5, 5.41) is 0. The first-order chi connectivity index (χ1) is 8.47. The van der Waals surface area contributed by atoms with Crippen LogP contribution in [0.15, 0.2) is 31.4 Å². The minimum Gasteiger partial charge on any atom is -0.391 e. The molecule has 10 nitrogen and oxygen atoms in total. The van der Waals surface area contributed by atoms with Crippen LogP contribution in [0.1, 0.15) is 0 Å². The lowest BCUT2D eigenvalue weighted by atomic mass is 10.5. The summed E-state index contributed by atoms with van der Waals surface area (Å²) >= 11 is 0. The fourth-order valence-corrected chi connectivity index (χ4v) is 1.21. The summed E-state index contributed by atoms with van der Waals surface area (Å²) in [6.07, 6.45) is 1.13. The molecule has 2 aromatic heterocycles. The molecule has 0 aliphatic heterocycles. The van der Waals surface area contributed by atoms with Crippen LogP contribution in [0, 0.1) is 0 Å². The van der Waals surface area contributed by atoms with Gasteiger partial charge in [-0.15, -0.1) is 0 Å². The number of nitrogen functional groups attached to an aromatic ring is 1. The molecule has 0 radical (unpaired) electrons. The number of H-pyrrole nitrogens is 3. The molecule has 94 valence electrons. The third-order valence-corrected chi connectivity index (χ3v) is 2.04. The summed E-state index contributed by atoms with van der Waals surface area (Å²) in [6.45, 7) is 0. The standard InChI is InChI=1S/C8H8N6O4/c9-4-5(11-7(17)12-6(4)16)13-14-2-1-3(15)10-8(14)18/h1-2H,9H2,(H,10,15,18)(H3,11,12,13,16,17). The highest BCUT2D eigenvalue weighted by molar-refractivity contribution is 5.58. The fraction of sp³-hybridized carbons (Fsp3) is 0. The predicted octanol–water partition coefficient (Wildman–Crippen LogP) is -2.63. The van der Waals surface area contributed by atoms with Crippen molar-refractivity contribution in [3.05, 3.63) is 53.9 Å². The van der Waals surface area contributed by atoms with Gasteiger partial charge in [0, 0.05) is 12.3 Å². The summed E-state index contributed by atoms with van der Waals surface area (Å²) < 4.78 is 0.850. The lowest BCUT2D eigenvalue weighted by Gasteiger charge is -2.08. The Balaban J connectivity index is 2.53. The molecule has 0 saturated carbocycles. The molecule has 0 spiro atoms. The zero-order valence-corrected chi connectivity index (χ0v) is 8.81. The summed E-state index contributed by atoms with van der Waals surface area (Å²) in [5.74, 6) is -0.155. The van der Waals surface area contributed by atoms with E-state index in [1.807, 2.05) is 9.97 Å². The van der Waals surface area contributed by atoms with E-state index in [0.717, 1.165) is 16.9 Å². The Bertz CT molecular complexity index is 810. The lowest BCUT2D eigenvalue weighted by molar-refractivity contribution is 0.819. The molecule has 6 N–H and O–H groups in total. The van der Waals surface area contributed by atoms with E-state index in [9.17, 15) is 19.2 Å². The third-order valence-electron chi connectivity index (χ3n) is 2.04. The quantitative estimate of drug-likeness (QED) is 0.393. The number of nitrogens with two attached hydrogens (primary N) is 1. The molecule has 0 unspecified atom stereocenters. The molecule has 10 heteroatoms. The molecule has 0 aliphatic carbocycles. The highest BCUT2D eigenvalue weighted by Gasteiger charge is 2.06. The molecule has 2 rings (SSSR count). The van der Waals surface area contributed by atoms with Crippen LogP contribution in [0.25, 0.3) is 0 Å². The van der Waals surface area contributed by atoms with Crippen LogP contribution in [0.5, 0.6) is 0 Å². The van der Waals surface area contributed by atoms with Crippen molar-refractivity contribution in [3.8, 4) is 0 Å². The number of hydrogen-bond acceptors (Lipinski definition) is 6. The maximum Gasteiger partial charge on any atom is 0.347 e. The second-order valence-electron chi connectivity index (χ2n) is 3.29. The molecular formula is C8H8N6O4. The first-order valence-electron chi connectivity index (χ1n) is 4.68. The Morgan fingerprint density at radius 3 is 2.50 bits per heavy atom. The van der Waals surface area contributed by atoms with Crippen LogP contribution >= 0.6 is 0 Å². The van der Waals surface area contributed by atoms with Crippen molar-refractivity contribution >= 4 is 11.5 Å². The van der Waals surface area contributed by atoms with Gasteiger partial charge in [-0.3, -0.25) is 30.0 Å². The van der Waals surface area contributed by atoms with E-state index in [0.29, 0.717) is 0 Å². The Morgan fingerprint density at radius 1 is 1.11 bits per heavy atom. The number of hydrogen-bond donors (Lipinski definition) is 5. The molecule has 2 heterocycles. The molecule has 0 aromatic carbocycles. The monoisotopic (exact) mass is 252 g/mol. The van der Waals surface area contributed by atoms with Crippen molar-refractivity contribution in [1.82, 2.24) is 19.6 Å². The van der Waals surface area contributed by atoms with Crippen LogP contribution < -0.4 is 33.7 Å². The van der Waals surface area contributed by atoms with Crippen LogP contribution in [-0.2, 0) is 0 Å². The normalized spacial score (nSPS) is 10.2. The zero-order chi connectivity index (χ0) is 13.3. The summed E-state index contributed by atoms with van der Waals surface area (Å²) in [4.78, 5) is 50.5. The molecule has 18 heavy (non-hydrogen) atoms. The molecule has 0 fully saturated rings. The van der Waals surface area contributed by atoms with Crippen LogP contribution in [0.3, 0.4) is 0 Å². The van der Waals surface area contributed by atoms with Gasteiger partial charge in [0.1, 0.15) is 5.69 Å². The topological polar surface area (TPSA) is 159 Å². The Morgan fingerprint density at radius 2 is 1.83 bits per heavy atom. The molecule has 0 bridgehead atoms. The van der Waals surface area contributed by atoms with E-state index < -0.39 is 22.5 Å². The smallest absolute Gasteiger partial charge is 0.347 e. The average Bonchev–Trinajstić information content (AvgIpc) is 2.29. The number of anilines is 2. The molecular weight excluding hydrogens is 244 g/mol. The maximum atomic E-state index is 11.4. The SMILES string of the molecule is Nc1c(Nn2ccc(=O)[nH]c2=O)[nH]c(=O)[nH]c1=O. The maximum absolute atomic E-state index is 11.4. The second kappa shape index (κ2) is 4.08. The van der Waals surface area contributed by atoms with E-state index in [-0.39, 0.29) is 11.5 Å². The van der Waals surface area contributed by atoms with Crippen molar-refractivity contribution in [1.29, 1.82) is 0 Å². The number of aromatic amines is 3. The molecule has 0 aliphatic rings. The predicted molar refractivity (Wildman–Crippen MR) is 62.4 cm³/mol. The largest absolute Gasteiger partial charge is 0.391 e. The second-order valence-corrected chi connectivity index (χ2v) is 3.29. The van der Waals surface area contributed by atoms with E-state index in [1.165, 1.54) is 0 Å². The van der Waals surface area contributed by atoms with Gasteiger partial charge in [0.2, 0.25) is 0 Å². The molecule has 0 saturated heterocycles. The van der Waals surface area contributed by atoms with Gasteiger partial charge in [-0.05, 0) is 0 Å². The first-order valence-corrected chi connectivity index (χ1v) is 4.68. The van der Waals surface area contributed by atoms with Crippen molar-refractivity contribution in [2.24, 2.45) is 0 Å². The summed E-state index contributed by atoms with van der Waals surface area (Å²) in [5.41, 5.74) is 4.57. The first kappa shape index (κ1) is 11.4. The number of nitrogens with zero attached hydrogens (tertiary/aromatic N) is 1. The summed E-state index contributed by atoms with van der Waals surface area (Å²) in [7, 11) is 0. The number of rotatable bonds is 2. The number of nitrogens with one attached hydrogen (secondary N) is 4. The molecule has 2 aromatic rings. The zero-order valence-electron chi connectivity index (χ0n) is 8.81. The average molecular weight is 252 g/mol. The van der Waals surface area contributed by atoms with E-state index >= 15 is 0 Å². The van der Waals surface area contributed by atoms with Crippen LogP contribution in [0.2, 0.25) is 0 Å². The van der Waals surface area contributed by atoms with Gasteiger partial charge in [-0.25, -0.2) is 14.3 Å². The van der Waals surface area contributed by atoms with Gasteiger partial charge in [0.05, 0.1) is 0 Å². The van der Waals surface area contributed by atoms with Crippen molar-refractivity contribution in [2.45, 2.75) is 0 Å². The van der Waals surface area contributed by atoms with Gasteiger partial charge in [-0.2, -0.15) is 0 Å². The number of aromatic nitrogens is 4. The highest BCUT2D eigenvalue weighted by Crippen LogP contribution is 2.04. The van der Waals surface area contributed by atoms with Gasteiger partial charge in [0.25, 0.3) is 11.1 Å². The Labute approximate surface area is 97.1 Å². The van der Waals surface area contributed by atoms with E-state index in [2.05, 4.69) is 10.4 Å². The summed E-state index contributed by atoms with van der Waals surface area (Å²) in [6, 6.07) is 1.08. The Hall–Kier alpha value is -3.04. The minimum absolute atomic E-state index is 0.155. The van der Waals surface area contributed by atoms with Crippen LogP contribution in [0.4, 0.5) is 11.5 Å². The molecule has 0 atom stereocenters. The third kappa shape index (κ3) is 2.07. The fourth-order valence-electron chi connectivity index (χ4n) is 1.21. The molecule has 0 amide bonds. The van der Waals surface area contributed by atoms with E-state index in [1.54, 1.807) is 0 Å². The minimum atomic E-state index is -0.793. The van der Waals surface area contributed by atoms with Gasteiger partial charge >= 0.3 is 11.4 Å². The van der Waals surface area contributed by atoms with Crippen LogP contribution in [-0.4, -0.2) is 19.6 Å². The van der Waals surface area contributed by atoms with Gasteiger partial charge in [-0.1, -0.05) is 0 Å². The van der Waals surface area contributed by atoms with Crippen molar-refractivity contribution in [2.75, 3.05) is 11.2 Å². The highest BCUT2D eigenvalue weighted by atomic mass is 16.2. The van der Waals surface area contributed by atoms with Crippen molar-refractivity contribution in [3.63, 3.8) is 0 Å². The Kier molecular flexibility index (Phi) is 2.60. The van der Waals surface area contributed by atoms with Crippen molar-refractivity contribution < 1.29 is 0 Å². The van der Waals surface area contributed by atoms with E-state index in [4.69, 9.17) is 5.73 Å². The van der Waals surface area contributed by atoms with Gasteiger partial charge in [0.15, 0.2) is 5.82 Å². The van der Waals surface area contributed by atoms with Gasteiger partial charge < -0.3 is 5.73 Å².